The second kappa shape index (κ2) is 7.50. The highest BCUT2D eigenvalue weighted by Crippen LogP contribution is 2.37. The van der Waals surface area contributed by atoms with Gasteiger partial charge in [-0.05, 0) is 18.6 Å². The SMILES string of the molecule is CCCS(=O)(=O)CCOc1c(Cl)cc(Br)cc1S(=O)(=O)Cl. The molecule has 0 saturated heterocycles. The van der Waals surface area contributed by atoms with E-state index in [2.05, 4.69) is 15.9 Å². The van der Waals surface area contributed by atoms with Gasteiger partial charge >= 0.3 is 0 Å². The zero-order valence-corrected chi connectivity index (χ0v) is 15.7. The van der Waals surface area contributed by atoms with Crippen molar-refractivity contribution in [1.82, 2.24) is 0 Å². The molecule has 0 amide bonds. The van der Waals surface area contributed by atoms with Crippen molar-refractivity contribution in [2.24, 2.45) is 0 Å². The molecule has 0 fully saturated rings. The average molecular weight is 440 g/mol. The summed E-state index contributed by atoms with van der Waals surface area (Å²) in [7, 11) is -1.98. The van der Waals surface area contributed by atoms with Crippen molar-refractivity contribution in [2.75, 3.05) is 18.1 Å². The molecule has 0 bridgehead atoms. The third kappa shape index (κ3) is 5.94. The Bertz CT molecular complexity index is 716. The van der Waals surface area contributed by atoms with Crippen LogP contribution in [-0.2, 0) is 18.9 Å². The Morgan fingerprint density at radius 3 is 2.33 bits per heavy atom. The van der Waals surface area contributed by atoms with E-state index in [0.29, 0.717) is 10.9 Å². The van der Waals surface area contributed by atoms with Crippen molar-refractivity contribution >= 4 is 57.1 Å². The van der Waals surface area contributed by atoms with Gasteiger partial charge in [-0.15, -0.1) is 0 Å². The van der Waals surface area contributed by atoms with Crippen molar-refractivity contribution in [2.45, 2.75) is 18.2 Å². The van der Waals surface area contributed by atoms with E-state index in [1.807, 2.05) is 0 Å². The molecule has 0 spiro atoms. The van der Waals surface area contributed by atoms with Crippen LogP contribution in [0.4, 0.5) is 0 Å². The van der Waals surface area contributed by atoms with Gasteiger partial charge in [0.05, 0.1) is 16.5 Å². The monoisotopic (exact) mass is 438 g/mol. The van der Waals surface area contributed by atoms with E-state index in [9.17, 15) is 16.8 Å². The second-order valence-corrected chi connectivity index (χ2v) is 10.3. The summed E-state index contributed by atoms with van der Waals surface area (Å²) in [5.41, 5.74) is 0. The molecular weight excluding hydrogens is 427 g/mol. The molecule has 0 N–H and O–H groups in total. The first-order valence-corrected chi connectivity index (χ1v) is 11.1. The summed E-state index contributed by atoms with van der Waals surface area (Å²) in [6, 6.07) is 2.67. The van der Waals surface area contributed by atoms with E-state index >= 15 is 0 Å². The fourth-order valence-corrected chi connectivity index (χ4v) is 4.78. The van der Waals surface area contributed by atoms with Crippen LogP contribution in [0.2, 0.25) is 5.02 Å². The molecule has 0 saturated carbocycles. The van der Waals surface area contributed by atoms with E-state index in [1.54, 1.807) is 6.92 Å². The lowest BCUT2D eigenvalue weighted by Gasteiger charge is -2.12. The summed E-state index contributed by atoms with van der Waals surface area (Å²) >= 11 is 9.03. The Morgan fingerprint density at radius 2 is 1.81 bits per heavy atom. The maximum Gasteiger partial charge on any atom is 0.265 e. The summed E-state index contributed by atoms with van der Waals surface area (Å²) in [5.74, 6) is -0.332. The van der Waals surface area contributed by atoms with Gasteiger partial charge in [-0.1, -0.05) is 34.5 Å². The number of hydrogen-bond donors (Lipinski definition) is 0. The fraction of sp³-hybridized carbons (Fsp3) is 0.455. The molecule has 0 aliphatic carbocycles. The molecule has 0 heterocycles. The van der Waals surface area contributed by atoms with Crippen LogP contribution in [0.15, 0.2) is 21.5 Å². The number of rotatable bonds is 7. The van der Waals surface area contributed by atoms with Gasteiger partial charge in [-0.25, -0.2) is 16.8 Å². The zero-order chi connectivity index (χ0) is 16.3. The van der Waals surface area contributed by atoms with Crippen molar-refractivity contribution in [3.8, 4) is 5.75 Å². The standard InChI is InChI=1S/C11H13BrCl2O5S2/c1-2-4-20(15,16)5-3-19-11-9(13)6-8(12)7-10(11)21(14,17)18/h6-7H,2-5H2,1H3. The third-order valence-electron chi connectivity index (χ3n) is 2.39. The molecule has 21 heavy (non-hydrogen) atoms. The largest absolute Gasteiger partial charge is 0.490 e. The van der Waals surface area contributed by atoms with E-state index in [0.717, 1.165) is 0 Å². The topological polar surface area (TPSA) is 77.5 Å². The number of benzene rings is 1. The van der Waals surface area contributed by atoms with Crippen molar-refractivity contribution in [3.63, 3.8) is 0 Å². The highest BCUT2D eigenvalue weighted by atomic mass is 79.9. The van der Waals surface area contributed by atoms with Crippen LogP contribution in [-0.4, -0.2) is 34.9 Å². The van der Waals surface area contributed by atoms with Crippen LogP contribution in [0.5, 0.6) is 5.75 Å². The molecule has 0 radical (unpaired) electrons. The Kier molecular flexibility index (Phi) is 6.80. The van der Waals surface area contributed by atoms with Gasteiger partial charge in [0.25, 0.3) is 9.05 Å². The quantitative estimate of drug-likeness (QED) is 0.609. The molecule has 120 valence electrons. The highest BCUT2D eigenvalue weighted by Gasteiger charge is 2.21. The number of ether oxygens (including phenoxy) is 1. The molecular formula is C11H13BrCl2O5S2. The third-order valence-corrected chi connectivity index (χ3v) is 6.28. The first-order valence-electron chi connectivity index (χ1n) is 5.84. The van der Waals surface area contributed by atoms with Crippen LogP contribution in [0.1, 0.15) is 13.3 Å². The van der Waals surface area contributed by atoms with Crippen LogP contribution < -0.4 is 4.74 Å². The molecule has 0 unspecified atom stereocenters. The molecule has 0 aliphatic heterocycles. The minimum Gasteiger partial charge on any atom is -0.490 e. The Labute approximate surface area is 142 Å². The molecule has 1 aromatic carbocycles. The molecule has 5 nitrogen and oxygen atoms in total. The molecule has 0 aliphatic rings. The Hall–Kier alpha value is -0.0200. The van der Waals surface area contributed by atoms with Crippen molar-refractivity contribution in [3.05, 3.63) is 21.6 Å². The number of hydrogen-bond acceptors (Lipinski definition) is 5. The lowest BCUT2D eigenvalue weighted by atomic mass is 10.3. The summed E-state index contributed by atoms with van der Waals surface area (Å²) in [4.78, 5) is -0.309. The normalized spacial score (nSPS) is 12.4. The smallest absolute Gasteiger partial charge is 0.265 e. The van der Waals surface area contributed by atoms with E-state index in [1.165, 1.54) is 12.1 Å². The highest BCUT2D eigenvalue weighted by molar-refractivity contribution is 9.10. The van der Waals surface area contributed by atoms with E-state index < -0.39 is 18.9 Å². The molecule has 1 rings (SSSR count). The lowest BCUT2D eigenvalue weighted by molar-refractivity contribution is 0.332. The minimum absolute atomic E-state index is 0.0245. The summed E-state index contributed by atoms with van der Waals surface area (Å²) in [6.45, 7) is 1.55. The van der Waals surface area contributed by atoms with Gasteiger partial charge in [0.2, 0.25) is 0 Å². The first-order chi connectivity index (χ1) is 9.57. The second-order valence-electron chi connectivity index (χ2n) is 4.15. The minimum atomic E-state index is -4.07. The van der Waals surface area contributed by atoms with Gasteiger partial charge < -0.3 is 4.74 Å². The van der Waals surface area contributed by atoms with Crippen LogP contribution >= 0.6 is 38.2 Å². The zero-order valence-electron chi connectivity index (χ0n) is 11.0. The molecule has 1 aromatic rings. The molecule has 0 atom stereocenters. The average Bonchev–Trinajstić information content (AvgIpc) is 2.29. The Balaban J connectivity index is 2.99. The molecule has 0 aromatic heterocycles. The van der Waals surface area contributed by atoms with Gasteiger partial charge in [-0.2, -0.15) is 0 Å². The predicted octanol–water partition coefficient (Wildman–Crippen LogP) is 3.23. The predicted molar refractivity (Wildman–Crippen MR) is 86.6 cm³/mol. The summed E-state index contributed by atoms with van der Waals surface area (Å²) in [6.07, 6.45) is 0.503. The lowest BCUT2D eigenvalue weighted by Crippen LogP contribution is -2.17. The van der Waals surface area contributed by atoms with E-state index in [-0.39, 0.29) is 33.8 Å². The first kappa shape index (κ1) is 19.0. The summed E-state index contributed by atoms with van der Waals surface area (Å²) in [5, 5.41) is 0.0245. The maximum absolute atomic E-state index is 11.6. The van der Waals surface area contributed by atoms with Crippen LogP contribution in [0.3, 0.4) is 0 Å². The molecule has 10 heteroatoms. The fourth-order valence-electron chi connectivity index (χ4n) is 1.54. The van der Waals surface area contributed by atoms with Crippen LogP contribution in [0.25, 0.3) is 0 Å². The van der Waals surface area contributed by atoms with Gasteiger partial charge in [-0.3, -0.25) is 0 Å². The Morgan fingerprint density at radius 1 is 1.19 bits per heavy atom. The maximum atomic E-state index is 11.6. The number of halogens is 3. The van der Waals surface area contributed by atoms with Crippen LogP contribution in [0, 0.1) is 0 Å². The summed E-state index contributed by atoms with van der Waals surface area (Å²) < 4.78 is 51.8. The van der Waals surface area contributed by atoms with Crippen molar-refractivity contribution < 1.29 is 21.6 Å². The van der Waals surface area contributed by atoms with E-state index in [4.69, 9.17) is 27.0 Å². The van der Waals surface area contributed by atoms with Gasteiger partial charge in [0.15, 0.2) is 15.6 Å². The van der Waals surface area contributed by atoms with Crippen molar-refractivity contribution in [1.29, 1.82) is 0 Å². The van der Waals surface area contributed by atoms with Gasteiger partial charge in [0, 0.05) is 15.2 Å². The van der Waals surface area contributed by atoms with Gasteiger partial charge in [0.1, 0.15) is 11.5 Å². The number of sulfone groups is 1.